The van der Waals surface area contributed by atoms with Gasteiger partial charge in [0.1, 0.15) is 0 Å². The highest BCUT2D eigenvalue weighted by atomic mass is 32.1. The molecular weight excluding hydrogens is 585 g/mol. The molecule has 0 atom stereocenters. The van der Waals surface area contributed by atoms with Gasteiger partial charge in [0.15, 0.2) is 0 Å². The van der Waals surface area contributed by atoms with E-state index in [4.69, 9.17) is 0 Å². The molecule has 9 aromatic carbocycles. The highest BCUT2D eigenvalue weighted by molar-refractivity contribution is 7.26. The first-order valence-corrected chi connectivity index (χ1v) is 17.0. The Bertz CT molecular complexity index is 2770. The van der Waals surface area contributed by atoms with Gasteiger partial charge in [-0.3, -0.25) is 0 Å². The molecule has 0 radical (unpaired) electrons. The zero-order valence-corrected chi connectivity index (χ0v) is 26.4. The monoisotopic (exact) mass is 612 g/mol. The van der Waals surface area contributed by atoms with Crippen molar-refractivity contribution in [2.45, 2.75) is 0 Å². The van der Waals surface area contributed by atoms with E-state index >= 15 is 0 Å². The molecule has 0 fully saturated rings. The second-order valence-electron chi connectivity index (χ2n) is 12.4. The van der Waals surface area contributed by atoms with Crippen LogP contribution in [0.2, 0.25) is 0 Å². The van der Waals surface area contributed by atoms with Gasteiger partial charge in [0.25, 0.3) is 0 Å². The molecule has 0 aliphatic rings. The summed E-state index contributed by atoms with van der Waals surface area (Å²) in [7, 11) is 0. The van der Waals surface area contributed by atoms with Gasteiger partial charge < -0.3 is 0 Å². The van der Waals surface area contributed by atoms with Gasteiger partial charge in [-0.1, -0.05) is 152 Å². The Morgan fingerprint density at radius 1 is 0.298 bits per heavy atom. The summed E-state index contributed by atoms with van der Waals surface area (Å²) in [4.78, 5) is 0. The minimum atomic E-state index is 1.23. The minimum absolute atomic E-state index is 1.23. The number of benzene rings is 9. The summed E-state index contributed by atoms with van der Waals surface area (Å²) in [6.45, 7) is 0. The molecule has 1 aromatic heterocycles. The molecule has 0 bridgehead atoms. The molecule has 1 heterocycles. The van der Waals surface area contributed by atoms with Crippen molar-refractivity contribution in [2.24, 2.45) is 0 Å². The standard InChI is InChI=1S/C46H28S/c1-3-13-34-30(10-1)12-9-19-36(34)45-39-17-7-5-15-37(39)44(38-16-6-8-18-40(38)45)32-22-20-29(21-23-32)33-25-26-42-41(28-33)46-35-14-4-2-11-31(35)24-27-43(46)47-42/h1-28H. The molecule has 1 heteroatoms. The number of hydrogen-bond donors (Lipinski definition) is 0. The summed E-state index contributed by atoms with van der Waals surface area (Å²) in [6, 6.07) is 62.7. The molecule has 0 amide bonds. The molecule has 0 saturated carbocycles. The van der Waals surface area contributed by atoms with E-state index in [0.717, 1.165) is 0 Å². The van der Waals surface area contributed by atoms with Gasteiger partial charge in [-0.15, -0.1) is 11.3 Å². The van der Waals surface area contributed by atoms with Crippen LogP contribution < -0.4 is 0 Å². The summed E-state index contributed by atoms with van der Waals surface area (Å²) >= 11 is 1.88. The molecule has 0 spiro atoms. The summed E-state index contributed by atoms with van der Waals surface area (Å²) < 4.78 is 2.68. The lowest BCUT2D eigenvalue weighted by Gasteiger charge is -2.19. The number of rotatable bonds is 3. The van der Waals surface area contributed by atoms with Crippen molar-refractivity contribution in [2.75, 3.05) is 0 Å². The van der Waals surface area contributed by atoms with E-state index in [9.17, 15) is 0 Å². The van der Waals surface area contributed by atoms with E-state index in [1.807, 2.05) is 11.3 Å². The van der Waals surface area contributed by atoms with Gasteiger partial charge >= 0.3 is 0 Å². The van der Waals surface area contributed by atoms with Crippen LogP contribution in [0.3, 0.4) is 0 Å². The van der Waals surface area contributed by atoms with E-state index in [1.54, 1.807) is 0 Å². The lowest BCUT2D eigenvalue weighted by atomic mass is 9.84. The molecule has 10 rings (SSSR count). The number of fused-ring (bicyclic) bond motifs is 8. The van der Waals surface area contributed by atoms with Crippen molar-refractivity contribution in [1.29, 1.82) is 0 Å². The zero-order chi connectivity index (χ0) is 30.9. The Morgan fingerprint density at radius 2 is 0.809 bits per heavy atom. The third-order valence-corrected chi connectivity index (χ3v) is 11.0. The molecule has 0 unspecified atom stereocenters. The largest absolute Gasteiger partial charge is 0.135 e. The van der Waals surface area contributed by atoms with Crippen LogP contribution in [0, 0.1) is 0 Å². The molecular formula is C46H28S. The average Bonchev–Trinajstić information content (AvgIpc) is 3.52. The normalized spacial score (nSPS) is 11.8. The second kappa shape index (κ2) is 10.4. The van der Waals surface area contributed by atoms with Crippen LogP contribution in [0.15, 0.2) is 170 Å². The fraction of sp³-hybridized carbons (Fsp3) is 0. The highest BCUT2D eigenvalue weighted by Crippen LogP contribution is 2.46. The predicted octanol–water partition coefficient (Wildman–Crippen LogP) is 13.7. The first-order chi connectivity index (χ1) is 23.3. The lowest BCUT2D eigenvalue weighted by Crippen LogP contribution is -1.91. The third-order valence-electron chi connectivity index (χ3n) is 9.86. The van der Waals surface area contributed by atoms with E-state index in [-0.39, 0.29) is 0 Å². The highest BCUT2D eigenvalue weighted by Gasteiger charge is 2.18. The molecule has 10 aromatic rings. The Kier molecular flexibility index (Phi) is 5.85. The Balaban J connectivity index is 1.16. The summed E-state index contributed by atoms with van der Waals surface area (Å²) in [5, 5.41) is 13.0. The van der Waals surface area contributed by atoms with Crippen LogP contribution in [-0.4, -0.2) is 0 Å². The molecule has 0 aliphatic carbocycles. The van der Waals surface area contributed by atoms with Crippen LogP contribution in [0.5, 0.6) is 0 Å². The average molecular weight is 613 g/mol. The molecule has 47 heavy (non-hydrogen) atoms. The van der Waals surface area contributed by atoms with Crippen LogP contribution in [-0.2, 0) is 0 Å². The second-order valence-corrected chi connectivity index (χ2v) is 13.5. The first kappa shape index (κ1) is 26.5. The summed E-state index contributed by atoms with van der Waals surface area (Å²) in [5.74, 6) is 0. The predicted molar refractivity (Wildman–Crippen MR) is 206 cm³/mol. The number of thiophene rings is 1. The summed E-state index contributed by atoms with van der Waals surface area (Å²) in [6.07, 6.45) is 0. The minimum Gasteiger partial charge on any atom is -0.135 e. The smallest absolute Gasteiger partial charge is 0.0361 e. The maximum absolute atomic E-state index is 2.39. The maximum Gasteiger partial charge on any atom is 0.0361 e. The van der Waals surface area contributed by atoms with Crippen molar-refractivity contribution in [3.63, 3.8) is 0 Å². The number of hydrogen-bond acceptors (Lipinski definition) is 1. The van der Waals surface area contributed by atoms with E-state index < -0.39 is 0 Å². The molecule has 0 N–H and O–H groups in total. The summed E-state index contributed by atoms with van der Waals surface area (Å²) in [5.41, 5.74) is 7.59. The van der Waals surface area contributed by atoms with Crippen LogP contribution in [0.4, 0.5) is 0 Å². The first-order valence-electron chi connectivity index (χ1n) is 16.2. The molecule has 0 saturated heterocycles. The topological polar surface area (TPSA) is 0 Å². The van der Waals surface area contributed by atoms with Crippen LogP contribution in [0.25, 0.3) is 96.6 Å². The third kappa shape index (κ3) is 4.07. The van der Waals surface area contributed by atoms with Gasteiger partial charge in [-0.05, 0) is 94.7 Å². The quantitative estimate of drug-likeness (QED) is 0.174. The van der Waals surface area contributed by atoms with Crippen molar-refractivity contribution in [3.8, 4) is 33.4 Å². The van der Waals surface area contributed by atoms with Crippen molar-refractivity contribution < 1.29 is 0 Å². The van der Waals surface area contributed by atoms with E-state index in [0.29, 0.717) is 0 Å². The lowest BCUT2D eigenvalue weighted by molar-refractivity contribution is 1.64. The molecule has 218 valence electrons. The van der Waals surface area contributed by atoms with Gasteiger partial charge in [-0.25, -0.2) is 0 Å². The van der Waals surface area contributed by atoms with Crippen molar-refractivity contribution in [3.05, 3.63) is 170 Å². The Labute approximate surface area is 276 Å². The fourth-order valence-electron chi connectivity index (χ4n) is 7.73. The molecule has 0 aliphatic heterocycles. The zero-order valence-electron chi connectivity index (χ0n) is 25.6. The van der Waals surface area contributed by atoms with Gasteiger partial charge in [0, 0.05) is 20.2 Å². The van der Waals surface area contributed by atoms with Crippen molar-refractivity contribution >= 4 is 74.6 Å². The fourth-order valence-corrected chi connectivity index (χ4v) is 8.83. The maximum atomic E-state index is 2.39. The SMILES string of the molecule is c1ccc2c(-c3c4ccccc4c(-c4ccc(-c5ccc6sc7ccc8ccccc8c7c6c5)cc4)c4ccccc34)cccc2c1. The van der Waals surface area contributed by atoms with E-state index in [2.05, 4.69) is 170 Å². The van der Waals surface area contributed by atoms with E-state index in [1.165, 1.54) is 96.6 Å². The Hall–Kier alpha value is -5.76. The van der Waals surface area contributed by atoms with Gasteiger partial charge in [0.05, 0.1) is 0 Å². The van der Waals surface area contributed by atoms with Crippen molar-refractivity contribution in [1.82, 2.24) is 0 Å². The molecule has 0 nitrogen and oxygen atoms in total. The Morgan fingerprint density at radius 3 is 1.51 bits per heavy atom. The van der Waals surface area contributed by atoms with Gasteiger partial charge in [-0.2, -0.15) is 0 Å². The van der Waals surface area contributed by atoms with Gasteiger partial charge in [0.2, 0.25) is 0 Å². The van der Waals surface area contributed by atoms with Crippen LogP contribution >= 0.6 is 11.3 Å². The van der Waals surface area contributed by atoms with Crippen LogP contribution in [0.1, 0.15) is 0 Å².